The molecule has 2 aromatic heterocycles. The topological polar surface area (TPSA) is 43.9 Å². The minimum atomic E-state index is 0.671. The average molecular weight is 163 g/mol. The second kappa shape index (κ2) is 2.81. The highest BCUT2D eigenvalue weighted by atomic mass is 16.3. The summed E-state index contributed by atoms with van der Waals surface area (Å²) in [5.41, 5.74) is 2.04. The van der Waals surface area contributed by atoms with Crippen LogP contribution in [0.15, 0.2) is 29.5 Å². The predicted molar refractivity (Wildman–Crippen MR) is 42.6 cm³/mol. The maximum atomic E-state index is 4.84. The van der Waals surface area contributed by atoms with Crippen LogP contribution in [0.25, 0.3) is 0 Å². The fourth-order valence-corrected chi connectivity index (χ4v) is 1.04. The van der Waals surface area contributed by atoms with Crippen molar-refractivity contribution in [3.63, 3.8) is 0 Å². The molecule has 0 saturated heterocycles. The molecule has 0 saturated carbocycles. The molecule has 2 heterocycles. The van der Waals surface area contributed by atoms with Gasteiger partial charge in [-0.3, -0.25) is 4.68 Å². The Morgan fingerprint density at radius 1 is 1.58 bits per heavy atom. The molecule has 12 heavy (non-hydrogen) atoms. The number of oxazole rings is 1. The third-order valence-electron chi connectivity index (χ3n) is 1.57. The lowest BCUT2D eigenvalue weighted by molar-refractivity contribution is 0.554. The highest BCUT2D eigenvalue weighted by Gasteiger charge is 1.98. The maximum absolute atomic E-state index is 4.84. The summed E-state index contributed by atoms with van der Waals surface area (Å²) in [6.45, 7) is 2.68. The van der Waals surface area contributed by atoms with Crippen molar-refractivity contribution in [1.29, 1.82) is 0 Å². The number of aryl methyl sites for hydroxylation is 1. The monoisotopic (exact) mass is 163 g/mol. The maximum Gasteiger partial charge on any atom is 0.180 e. The second-order valence-electron chi connectivity index (χ2n) is 2.70. The summed E-state index contributed by atoms with van der Waals surface area (Å²) in [7, 11) is 0. The van der Waals surface area contributed by atoms with Gasteiger partial charge in [0.05, 0.1) is 12.7 Å². The van der Waals surface area contributed by atoms with E-state index in [0.29, 0.717) is 6.54 Å². The number of rotatable bonds is 2. The van der Waals surface area contributed by atoms with Crippen molar-refractivity contribution in [2.24, 2.45) is 0 Å². The Labute approximate surface area is 69.8 Å². The van der Waals surface area contributed by atoms with Crippen LogP contribution < -0.4 is 0 Å². The number of aromatic nitrogens is 3. The summed E-state index contributed by atoms with van der Waals surface area (Å²) in [5.74, 6) is 0. The first kappa shape index (κ1) is 7.09. The van der Waals surface area contributed by atoms with Crippen molar-refractivity contribution < 1.29 is 4.42 Å². The summed E-state index contributed by atoms with van der Waals surface area (Å²) in [6.07, 6.45) is 6.83. The van der Waals surface area contributed by atoms with Crippen LogP contribution in [0, 0.1) is 6.92 Å². The standard InChI is InChI=1S/C8H9N3O/c1-7-2-10-11(3-7)4-8-5-12-6-9-8/h2-3,5-6H,4H2,1H3. The van der Waals surface area contributed by atoms with E-state index in [9.17, 15) is 0 Å². The van der Waals surface area contributed by atoms with Crippen molar-refractivity contribution >= 4 is 0 Å². The van der Waals surface area contributed by atoms with Crippen LogP contribution in [0.4, 0.5) is 0 Å². The van der Waals surface area contributed by atoms with Gasteiger partial charge in [-0.05, 0) is 12.5 Å². The molecule has 0 radical (unpaired) electrons. The zero-order valence-corrected chi connectivity index (χ0v) is 6.77. The van der Waals surface area contributed by atoms with E-state index in [1.54, 1.807) is 6.26 Å². The molecule has 0 N–H and O–H groups in total. The van der Waals surface area contributed by atoms with Gasteiger partial charge in [0.25, 0.3) is 0 Å². The predicted octanol–water partition coefficient (Wildman–Crippen LogP) is 1.23. The van der Waals surface area contributed by atoms with E-state index in [-0.39, 0.29) is 0 Å². The lowest BCUT2D eigenvalue weighted by atomic mass is 10.4. The molecule has 0 aliphatic carbocycles. The SMILES string of the molecule is Cc1cnn(Cc2cocn2)c1. The molecule has 0 unspecified atom stereocenters. The first-order valence-electron chi connectivity index (χ1n) is 3.71. The van der Waals surface area contributed by atoms with Crippen molar-refractivity contribution in [3.05, 3.63) is 36.3 Å². The van der Waals surface area contributed by atoms with Gasteiger partial charge in [-0.25, -0.2) is 4.98 Å². The van der Waals surface area contributed by atoms with Gasteiger partial charge in [0.2, 0.25) is 0 Å². The Morgan fingerprint density at radius 2 is 2.50 bits per heavy atom. The average Bonchev–Trinajstić information content (AvgIpc) is 2.63. The lowest BCUT2D eigenvalue weighted by Gasteiger charge is -1.94. The van der Waals surface area contributed by atoms with Crippen LogP contribution in [0.5, 0.6) is 0 Å². The van der Waals surface area contributed by atoms with Crippen molar-refractivity contribution in [2.75, 3.05) is 0 Å². The molecule has 2 aromatic rings. The van der Waals surface area contributed by atoms with Gasteiger partial charge in [0, 0.05) is 6.20 Å². The third kappa shape index (κ3) is 1.37. The first-order chi connectivity index (χ1) is 5.84. The van der Waals surface area contributed by atoms with E-state index in [4.69, 9.17) is 4.42 Å². The molecular formula is C8H9N3O. The Hall–Kier alpha value is -1.58. The Bertz CT molecular complexity index is 350. The number of hydrogen-bond acceptors (Lipinski definition) is 3. The summed E-state index contributed by atoms with van der Waals surface area (Å²) in [6, 6.07) is 0. The van der Waals surface area contributed by atoms with E-state index in [2.05, 4.69) is 10.1 Å². The summed E-state index contributed by atoms with van der Waals surface area (Å²) in [4.78, 5) is 3.99. The molecule has 0 spiro atoms. The van der Waals surface area contributed by atoms with Gasteiger partial charge >= 0.3 is 0 Å². The van der Waals surface area contributed by atoms with E-state index in [1.165, 1.54) is 6.39 Å². The van der Waals surface area contributed by atoms with Crippen LogP contribution in [0.3, 0.4) is 0 Å². The largest absolute Gasteiger partial charge is 0.451 e. The van der Waals surface area contributed by atoms with Gasteiger partial charge in [-0.1, -0.05) is 0 Å². The van der Waals surface area contributed by atoms with Crippen molar-refractivity contribution in [1.82, 2.24) is 14.8 Å². The van der Waals surface area contributed by atoms with Crippen molar-refractivity contribution in [3.8, 4) is 0 Å². The Morgan fingerprint density at radius 3 is 3.08 bits per heavy atom. The molecule has 0 bridgehead atoms. The fourth-order valence-electron chi connectivity index (χ4n) is 1.04. The van der Waals surface area contributed by atoms with E-state index in [1.807, 2.05) is 24.0 Å². The summed E-state index contributed by atoms with van der Waals surface area (Å²) < 4.78 is 6.67. The quantitative estimate of drug-likeness (QED) is 0.668. The van der Waals surface area contributed by atoms with Gasteiger partial charge in [-0.2, -0.15) is 5.10 Å². The minimum absolute atomic E-state index is 0.671. The molecule has 4 nitrogen and oxygen atoms in total. The molecule has 0 atom stereocenters. The zero-order valence-electron chi connectivity index (χ0n) is 6.77. The van der Waals surface area contributed by atoms with Crippen LogP contribution in [0.2, 0.25) is 0 Å². The molecule has 2 rings (SSSR count). The van der Waals surface area contributed by atoms with Crippen LogP contribution in [0.1, 0.15) is 11.3 Å². The summed E-state index contributed by atoms with van der Waals surface area (Å²) >= 11 is 0. The molecule has 0 aliphatic rings. The van der Waals surface area contributed by atoms with E-state index >= 15 is 0 Å². The molecule has 0 aliphatic heterocycles. The highest BCUT2D eigenvalue weighted by Crippen LogP contribution is 2.00. The Kier molecular flexibility index (Phi) is 1.66. The molecular weight excluding hydrogens is 154 g/mol. The lowest BCUT2D eigenvalue weighted by Crippen LogP contribution is -1.99. The molecule has 0 aromatic carbocycles. The van der Waals surface area contributed by atoms with Crippen molar-refractivity contribution in [2.45, 2.75) is 13.5 Å². The van der Waals surface area contributed by atoms with E-state index in [0.717, 1.165) is 11.3 Å². The van der Waals surface area contributed by atoms with Gasteiger partial charge in [0.15, 0.2) is 6.39 Å². The first-order valence-corrected chi connectivity index (χ1v) is 3.71. The fraction of sp³-hybridized carbons (Fsp3) is 0.250. The zero-order chi connectivity index (χ0) is 8.39. The smallest absolute Gasteiger partial charge is 0.180 e. The number of nitrogens with zero attached hydrogens (tertiary/aromatic N) is 3. The minimum Gasteiger partial charge on any atom is -0.451 e. The van der Waals surface area contributed by atoms with Gasteiger partial charge < -0.3 is 4.42 Å². The van der Waals surface area contributed by atoms with Gasteiger partial charge in [0.1, 0.15) is 12.0 Å². The van der Waals surface area contributed by atoms with E-state index < -0.39 is 0 Å². The highest BCUT2D eigenvalue weighted by molar-refractivity contribution is 5.01. The molecule has 62 valence electrons. The molecule has 4 heteroatoms. The van der Waals surface area contributed by atoms with Crippen LogP contribution in [-0.2, 0) is 6.54 Å². The second-order valence-corrected chi connectivity index (χ2v) is 2.70. The van der Waals surface area contributed by atoms with Crippen LogP contribution >= 0.6 is 0 Å². The molecule has 0 amide bonds. The normalized spacial score (nSPS) is 10.4. The Balaban J connectivity index is 2.14. The van der Waals surface area contributed by atoms with Crippen LogP contribution in [-0.4, -0.2) is 14.8 Å². The third-order valence-corrected chi connectivity index (χ3v) is 1.57. The van der Waals surface area contributed by atoms with Gasteiger partial charge in [-0.15, -0.1) is 0 Å². The molecule has 0 fully saturated rings. The number of hydrogen-bond donors (Lipinski definition) is 0. The summed E-state index contributed by atoms with van der Waals surface area (Å²) in [5, 5.41) is 4.13.